The first-order valence-electron chi connectivity index (χ1n) is 6.82. The van der Waals surface area contributed by atoms with Crippen LogP contribution in [0.4, 0.5) is 23.7 Å². The highest BCUT2D eigenvalue weighted by molar-refractivity contribution is 5.91. The number of methoxy groups -OCH3 is 1. The summed E-state index contributed by atoms with van der Waals surface area (Å²) in [6.07, 6.45) is 2.36. The van der Waals surface area contributed by atoms with Crippen molar-refractivity contribution in [2.75, 3.05) is 12.4 Å². The highest BCUT2D eigenvalue weighted by atomic mass is 19.3. The van der Waals surface area contributed by atoms with Crippen LogP contribution >= 0.6 is 0 Å². The normalized spacial score (nSPS) is 21.0. The van der Waals surface area contributed by atoms with Crippen molar-refractivity contribution in [1.82, 2.24) is 5.32 Å². The molecule has 1 aliphatic carbocycles. The zero-order chi connectivity index (χ0) is 16.1. The molecule has 22 heavy (non-hydrogen) atoms. The number of urea groups is 1. The molecule has 1 aromatic carbocycles. The fourth-order valence-electron chi connectivity index (χ4n) is 2.43. The molecule has 0 spiro atoms. The minimum Gasteiger partial charge on any atom is -0.433 e. The van der Waals surface area contributed by atoms with Crippen LogP contribution in [0.1, 0.15) is 19.3 Å². The maximum Gasteiger partial charge on any atom is 0.387 e. The van der Waals surface area contributed by atoms with Crippen molar-refractivity contribution in [3.05, 3.63) is 24.0 Å². The molecule has 2 N–H and O–H groups in total. The number of ether oxygens (including phenoxy) is 2. The van der Waals surface area contributed by atoms with Crippen molar-refractivity contribution in [2.45, 2.75) is 38.0 Å². The van der Waals surface area contributed by atoms with Gasteiger partial charge in [0, 0.05) is 19.2 Å². The highest BCUT2D eigenvalue weighted by Crippen LogP contribution is 2.27. The number of carbonyl (C=O) groups excluding carboxylic acids is 1. The van der Waals surface area contributed by atoms with E-state index in [1.54, 1.807) is 7.11 Å². The third kappa shape index (κ3) is 4.52. The Morgan fingerprint density at radius 1 is 1.36 bits per heavy atom. The number of rotatable bonds is 5. The lowest BCUT2D eigenvalue weighted by Gasteiger charge is -2.16. The van der Waals surface area contributed by atoms with Crippen LogP contribution in [0.25, 0.3) is 0 Å². The van der Waals surface area contributed by atoms with Crippen molar-refractivity contribution >= 4 is 11.7 Å². The Morgan fingerprint density at radius 3 is 2.77 bits per heavy atom. The number of nitrogens with one attached hydrogen (secondary N) is 2. The van der Waals surface area contributed by atoms with Crippen LogP contribution in [0.15, 0.2) is 18.2 Å². The second kappa shape index (κ2) is 7.35. The van der Waals surface area contributed by atoms with Crippen molar-refractivity contribution in [2.24, 2.45) is 0 Å². The van der Waals surface area contributed by atoms with Crippen molar-refractivity contribution in [3.63, 3.8) is 0 Å². The van der Waals surface area contributed by atoms with E-state index in [0.717, 1.165) is 31.0 Å². The standard InChI is InChI=1S/C14H17F3N2O3/c1-21-10-4-3-9(7-10)18-14(20)19-11-6-8(15)2-5-12(11)22-13(16)17/h2,5-6,9-10,13H,3-4,7H2,1H3,(H2,18,19,20)/t9-,10+/m0/s1. The molecule has 0 aliphatic heterocycles. The van der Waals surface area contributed by atoms with E-state index in [9.17, 15) is 18.0 Å². The average Bonchev–Trinajstić information content (AvgIpc) is 2.89. The summed E-state index contributed by atoms with van der Waals surface area (Å²) in [7, 11) is 1.60. The Balaban J connectivity index is 1.97. The number of hydrogen-bond donors (Lipinski definition) is 2. The number of anilines is 1. The first-order valence-corrected chi connectivity index (χ1v) is 6.82. The van der Waals surface area contributed by atoms with E-state index in [4.69, 9.17) is 4.74 Å². The van der Waals surface area contributed by atoms with E-state index in [2.05, 4.69) is 15.4 Å². The average molecular weight is 318 g/mol. The number of benzene rings is 1. The Morgan fingerprint density at radius 2 is 2.14 bits per heavy atom. The van der Waals surface area contributed by atoms with Crippen LogP contribution in [-0.4, -0.2) is 31.9 Å². The molecule has 1 aromatic rings. The van der Waals surface area contributed by atoms with Gasteiger partial charge in [0.15, 0.2) is 0 Å². The molecule has 1 aliphatic rings. The van der Waals surface area contributed by atoms with E-state index in [-0.39, 0.29) is 23.6 Å². The van der Waals surface area contributed by atoms with Gasteiger partial charge in [-0.05, 0) is 31.4 Å². The van der Waals surface area contributed by atoms with Crippen LogP contribution in [0.5, 0.6) is 5.75 Å². The number of hydrogen-bond acceptors (Lipinski definition) is 3. The molecule has 8 heteroatoms. The van der Waals surface area contributed by atoms with E-state index in [1.165, 1.54) is 0 Å². The minimum atomic E-state index is -3.06. The van der Waals surface area contributed by atoms with E-state index < -0.39 is 18.5 Å². The number of carbonyl (C=O) groups is 1. The molecule has 0 saturated heterocycles. The van der Waals surface area contributed by atoms with Crippen molar-refractivity contribution in [3.8, 4) is 5.75 Å². The molecule has 0 aromatic heterocycles. The first-order chi connectivity index (χ1) is 10.5. The van der Waals surface area contributed by atoms with Gasteiger partial charge in [0.1, 0.15) is 11.6 Å². The quantitative estimate of drug-likeness (QED) is 0.877. The molecule has 2 rings (SSSR count). The Bertz CT molecular complexity index is 528. The van der Waals surface area contributed by atoms with Gasteiger partial charge in [0.2, 0.25) is 0 Å². The zero-order valence-corrected chi connectivity index (χ0v) is 11.9. The van der Waals surface area contributed by atoms with Crippen LogP contribution in [0.3, 0.4) is 0 Å². The van der Waals surface area contributed by atoms with Crippen LogP contribution in [-0.2, 0) is 4.74 Å². The maximum atomic E-state index is 13.2. The van der Waals surface area contributed by atoms with Crippen LogP contribution < -0.4 is 15.4 Å². The summed E-state index contributed by atoms with van der Waals surface area (Å²) >= 11 is 0. The Kier molecular flexibility index (Phi) is 5.48. The van der Waals surface area contributed by atoms with Crippen LogP contribution in [0, 0.1) is 5.82 Å². The summed E-state index contributed by atoms with van der Waals surface area (Å²) in [6.45, 7) is -3.06. The van der Waals surface area contributed by atoms with Gasteiger partial charge in [-0.3, -0.25) is 0 Å². The Hall–Kier alpha value is -1.96. The first kappa shape index (κ1) is 16.4. The lowest BCUT2D eigenvalue weighted by atomic mass is 10.2. The highest BCUT2D eigenvalue weighted by Gasteiger charge is 2.26. The lowest BCUT2D eigenvalue weighted by Crippen LogP contribution is -2.36. The molecule has 1 fully saturated rings. The van der Waals surface area contributed by atoms with E-state index in [1.807, 2.05) is 0 Å². The van der Waals surface area contributed by atoms with E-state index in [0.29, 0.717) is 6.42 Å². The van der Waals surface area contributed by atoms with Gasteiger partial charge in [-0.2, -0.15) is 8.78 Å². The number of halogens is 3. The van der Waals surface area contributed by atoms with Gasteiger partial charge in [0.25, 0.3) is 0 Å². The monoisotopic (exact) mass is 318 g/mol. The molecule has 0 heterocycles. The summed E-state index contributed by atoms with van der Waals surface area (Å²) in [5.74, 6) is -0.968. The number of alkyl halides is 2. The summed E-state index contributed by atoms with van der Waals surface area (Å²) in [4.78, 5) is 11.9. The maximum absolute atomic E-state index is 13.2. The summed E-state index contributed by atoms with van der Waals surface area (Å²) < 4.78 is 47.2. The lowest BCUT2D eigenvalue weighted by molar-refractivity contribution is -0.0494. The zero-order valence-electron chi connectivity index (χ0n) is 11.9. The molecule has 122 valence electrons. The predicted molar refractivity (Wildman–Crippen MR) is 73.6 cm³/mol. The summed E-state index contributed by atoms with van der Waals surface area (Å²) in [5.41, 5.74) is -0.154. The molecule has 0 bridgehead atoms. The molecule has 5 nitrogen and oxygen atoms in total. The molecule has 2 atom stereocenters. The smallest absolute Gasteiger partial charge is 0.387 e. The van der Waals surface area contributed by atoms with Gasteiger partial charge in [0.05, 0.1) is 11.8 Å². The second-order valence-electron chi connectivity index (χ2n) is 4.99. The van der Waals surface area contributed by atoms with Crippen LogP contribution in [0.2, 0.25) is 0 Å². The molecule has 0 unspecified atom stereocenters. The number of amides is 2. The summed E-state index contributed by atoms with van der Waals surface area (Å²) in [5, 5.41) is 5.02. The largest absolute Gasteiger partial charge is 0.433 e. The molecular weight excluding hydrogens is 301 g/mol. The van der Waals surface area contributed by atoms with Gasteiger partial charge >= 0.3 is 12.6 Å². The second-order valence-corrected chi connectivity index (χ2v) is 4.99. The van der Waals surface area contributed by atoms with Gasteiger partial charge in [-0.25, -0.2) is 9.18 Å². The third-order valence-electron chi connectivity index (χ3n) is 3.46. The Labute approximate surface area is 125 Å². The topological polar surface area (TPSA) is 59.6 Å². The van der Waals surface area contributed by atoms with Gasteiger partial charge in [-0.15, -0.1) is 0 Å². The molecular formula is C14H17F3N2O3. The summed E-state index contributed by atoms with van der Waals surface area (Å²) in [6, 6.07) is 2.25. The van der Waals surface area contributed by atoms with Gasteiger partial charge < -0.3 is 20.1 Å². The SMILES string of the molecule is CO[C@@H]1CC[C@H](NC(=O)Nc2cc(F)ccc2OC(F)F)C1. The van der Waals surface area contributed by atoms with Crippen molar-refractivity contribution in [1.29, 1.82) is 0 Å². The molecule has 1 saturated carbocycles. The van der Waals surface area contributed by atoms with Gasteiger partial charge in [-0.1, -0.05) is 0 Å². The predicted octanol–water partition coefficient (Wildman–Crippen LogP) is 3.12. The fraction of sp³-hybridized carbons (Fsp3) is 0.500. The minimum absolute atomic E-state index is 0.0713. The van der Waals surface area contributed by atoms with E-state index >= 15 is 0 Å². The molecule has 2 amide bonds. The molecule has 0 radical (unpaired) electrons. The van der Waals surface area contributed by atoms with Crippen molar-refractivity contribution < 1.29 is 27.4 Å². The third-order valence-corrected chi connectivity index (χ3v) is 3.46. The fourth-order valence-corrected chi connectivity index (χ4v) is 2.43.